The second-order valence-electron chi connectivity index (χ2n) is 30.6. The minimum absolute atomic E-state index is 0.257. The summed E-state index contributed by atoms with van der Waals surface area (Å²) in [6, 6.07) is -19.1. The van der Waals surface area contributed by atoms with Crippen molar-refractivity contribution < 1.29 is 156 Å². The van der Waals surface area contributed by atoms with Crippen LogP contribution >= 0.6 is 0 Å². The average Bonchev–Trinajstić information content (AvgIpc) is 0.678. The molecule has 0 saturated carbocycles. The van der Waals surface area contributed by atoms with Crippen molar-refractivity contribution in [3.63, 3.8) is 0 Å². The van der Waals surface area contributed by atoms with Crippen LogP contribution in [0.15, 0.2) is 48.3 Å². The zero-order valence-electron chi connectivity index (χ0n) is 129. The van der Waals surface area contributed by atoms with Crippen LogP contribution in [0.5, 0.6) is 46.0 Å². The third-order valence-electron chi connectivity index (χ3n) is 20.5. The number of ether oxygens (including phenoxy) is 12. The Balaban J connectivity index is 0.000000259. The number of esters is 4. The smallest absolute Gasteiger partial charge is 0.323 e. The number of benzene rings is 4. The maximum Gasteiger partial charge on any atom is 0.323 e. The minimum Gasteiger partial charge on any atom is -0.493 e. The topological polar surface area (TPSA) is 296 Å². The molecule has 0 radical (unpaired) electrons. The molecule has 0 aliphatic carbocycles. The van der Waals surface area contributed by atoms with E-state index in [1.165, 1.54) is 21.3 Å². The standard InChI is InChI=1S/4C24H38N2O4/c4*1-14(2)9-17-13-26-8-7-16-10-21(28-5)22(29-6)11-18(16)19(26)12-20(17)30-24(27)23(25)15(3)4/h4*10-11,14-15,17,19-20,23H,7-9,12-13,25H2,1-6H3/t4*17?,19?,20?,23-/m0000/s1/i1D3,5D3,7D2,8D2,9D2,10D,11D,14D,20D;1D3,5D3,7D2,8D2,9D2,10D,11D,14D,19D;1D3,7D2,8D2,9D2,10D,11D,14D,20D;1D3,7D2,8D2,9D2,10D,11D,14D,19D/t4*14?,17?,19?,20?,23-. The molecular formula is C96H152N8O16. The lowest BCUT2D eigenvalue weighted by molar-refractivity contribution is -0.161. The van der Waals surface area contributed by atoms with E-state index >= 15 is 0 Å². The van der Waals surface area contributed by atoms with Gasteiger partial charge in [-0.2, -0.15) is 0 Å². The first-order valence-electron chi connectivity index (χ1n) is 67.7. The highest BCUT2D eigenvalue weighted by Gasteiger charge is 2.47. The number of fused-ring (bicyclic) bond motifs is 12. The molecule has 24 nitrogen and oxygen atoms in total. The molecule has 24 heteroatoms. The molecule has 8 aliphatic heterocycles. The summed E-state index contributed by atoms with van der Waals surface area (Å²) in [5, 5.41) is 0. The van der Waals surface area contributed by atoms with Gasteiger partial charge in [-0.1, -0.05) is 110 Å². The van der Waals surface area contributed by atoms with Gasteiger partial charge in [-0.15, -0.1) is 0 Å². The summed E-state index contributed by atoms with van der Waals surface area (Å²) < 4.78 is 558. The van der Waals surface area contributed by atoms with Gasteiger partial charge in [0.1, 0.15) is 48.5 Å². The molecule has 4 aromatic rings. The molecule has 20 atom stereocenters. The van der Waals surface area contributed by atoms with Crippen LogP contribution in [0.1, 0.15) is 310 Å². The van der Waals surface area contributed by atoms with Crippen LogP contribution in [0.2, 0.25) is 0 Å². The highest BCUT2D eigenvalue weighted by molar-refractivity contribution is 5.77. The van der Waals surface area contributed by atoms with E-state index in [0.29, 0.717) is 9.80 Å². The maximum absolute atomic E-state index is 13.2. The van der Waals surface area contributed by atoms with E-state index in [-0.39, 0.29) is 28.6 Å². The molecule has 8 aliphatic rings. The predicted octanol–water partition coefficient (Wildman–Crippen LogP) is 14.3. The van der Waals surface area contributed by atoms with Crippen LogP contribution in [0.3, 0.4) is 0 Å². The Kier molecular flexibility index (Phi) is 16.2. The zero-order valence-corrected chi connectivity index (χ0v) is 70.5. The van der Waals surface area contributed by atoms with Gasteiger partial charge in [0.2, 0.25) is 0 Å². The van der Waals surface area contributed by atoms with Crippen molar-refractivity contribution in [1.82, 2.24) is 19.6 Å². The lowest BCUT2D eigenvalue weighted by atomic mass is 9.79. The molecule has 0 amide bonds. The summed E-state index contributed by atoms with van der Waals surface area (Å²) in [4.78, 5) is 55.3. The molecule has 12 rings (SSSR count). The fourth-order valence-electron chi connectivity index (χ4n) is 13.7. The van der Waals surface area contributed by atoms with Crippen molar-refractivity contribution in [2.24, 2.45) is 93.9 Å². The number of rotatable bonds is 28. The molecular weight excluding hydrogens is 1520 g/mol. The lowest BCUT2D eigenvalue weighted by Gasteiger charge is -2.47. The van der Waals surface area contributed by atoms with E-state index < -0.39 is 448 Å². The Labute approximate surface area is 800 Å². The second-order valence-corrected chi connectivity index (χ2v) is 30.6. The van der Waals surface area contributed by atoms with Gasteiger partial charge >= 0.3 is 23.9 Å². The molecule has 0 aromatic heterocycles. The number of carbonyl (C=O) groups excluding carboxylic acids is 4. The van der Waals surface area contributed by atoms with Crippen LogP contribution in [-0.4, -0.2) is 201 Å². The monoisotopic (exact) mass is 1730 g/mol. The third-order valence-corrected chi connectivity index (χ3v) is 20.5. The number of nitrogens with zero attached hydrogens (tertiary/aromatic N) is 4. The molecule has 8 heterocycles. The van der Waals surface area contributed by atoms with Gasteiger partial charge in [-0.05, 0) is 191 Å². The van der Waals surface area contributed by atoms with Crippen LogP contribution < -0.4 is 60.8 Å². The summed E-state index contributed by atoms with van der Waals surface area (Å²) in [5.41, 5.74) is 19.1. The quantitative estimate of drug-likeness (QED) is 0.0303. The zero-order chi connectivity index (χ0) is 139. The Hall–Kier alpha value is -7.16. The van der Waals surface area contributed by atoms with E-state index in [1.54, 1.807) is 55.4 Å². The van der Waals surface area contributed by atoms with Crippen molar-refractivity contribution in [3.8, 4) is 46.0 Å². The van der Waals surface area contributed by atoms with Crippen molar-refractivity contribution in [2.75, 3.05) is 109 Å². The van der Waals surface area contributed by atoms with E-state index in [1.807, 2.05) is 0 Å². The molecule has 0 spiro atoms. The van der Waals surface area contributed by atoms with Crippen molar-refractivity contribution in [1.29, 1.82) is 0 Å². The highest BCUT2D eigenvalue weighted by Crippen LogP contribution is 2.50. The summed E-state index contributed by atoms with van der Waals surface area (Å²) in [6.45, 7) is -13.5. The van der Waals surface area contributed by atoms with Gasteiger partial charge in [-0.3, -0.25) is 38.8 Å². The maximum atomic E-state index is 13.2. The highest BCUT2D eigenvalue weighted by atomic mass is 16.6. The fraction of sp³-hybridized carbons (Fsp3) is 0.708. The van der Waals surface area contributed by atoms with Crippen LogP contribution in [0, 0.1) is 70.9 Å². The minimum atomic E-state index is -3.31. The molecule has 120 heavy (non-hydrogen) atoms. The largest absolute Gasteiger partial charge is 0.493 e. The summed E-state index contributed by atoms with van der Waals surface area (Å²) in [5.74, 6) is -30.0. The average molecular weight is 1730 g/mol. The van der Waals surface area contributed by atoms with Gasteiger partial charge in [0.25, 0.3) is 0 Å². The van der Waals surface area contributed by atoms with Gasteiger partial charge in [0.05, 0.1) is 81.4 Å². The summed E-state index contributed by atoms with van der Waals surface area (Å²) in [6.07, 6.45) is -37.4. The van der Waals surface area contributed by atoms with E-state index in [4.69, 9.17) is 154 Å². The van der Waals surface area contributed by atoms with Gasteiger partial charge in [0.15, 0.2) is 46.0 Å². The van der Waals surface area contributed by atoms with E-state index in [0.717, 1.165) is 58.8 Å². The van der Waals surface area contributed by atoms with E-state index in [2.05, 4.69) is 0 Å². The summed E-state index contributed by atoms with van der Waals surface area (Å²) >= 11 is 0. The van der Waals surface area contributed by atoms with Crippen LogP contribution in [0.25, 0.3) is 0 Å². The van der Waals surface area contributed by atoms with Gasteiger partial charge in [0, 0.05) is 180 Å². The summed E-state index contributed by atoms with van der Waals surface area (Å²) in [7, 11) is 0.313. The Bertz CT molecular complexity index is 6850. The fourth-order valence-corrected chi connectivity index (χ4v) is 13.7. The molecule has 16 unspecified atom stereocenters. The predicted molar refractivity (Wildman–Crippen MR) is 471 cm³/mol. The number of piperidine rings is 4. The van der Waals surface area contributed by atoms with Crippen LogP contribution in [-0.2, 0) is 63.6 Å². The van der Waals surface area contributed by atoms with Crippen LogP contribution in [0.4, 0.5) is 0 Å². The number of carbonyl (C=O) groups is 4. The first-order chi connectivity index (χ1) is 79.4. The van der Waals surface area contributed by atoms with Crippen molar-refractivity contribution in [3.05, 3.63) is 92.8 Å². The Morgan fingerprint density at radius 1 is 0.383 bits per heavy atom. The number of hydrogen-bond donors (Lipinski definition) is 4. The number of hydrogen-bond acceptors (Lipinski definition) is 24. The third kappa shape index (κ3) is 23.8. The Morgan fingerprint density at radius 3 is 0.917 bits per heavy atom. The van der Waals surface area contributed by atoms with Crippen molar-refractivity contribution >= 4 is 23.9 Å². The molecule has 4 saturated heterocycles. The number of nitrogens with two attached hydrogens (primary N) is 4. The lowest BCUT2D eigenvalue weighted by Crippen LogP contribution is -2.51. The molecule has 4 aromatic carbocycles. The normalized spacial score (nSPS) is 40.9. The molecule has 0 bridgehead atoms. The first-order valence-corrected chi connectivity index (χ1v) is 38.7. The van der Waals surface area contributed by atoms with Gasteiger partial charge < -0.3 is 79.8 Å². The molecule has 8 N–H and O–H groups in total. The SMILES string of the molecule is [2H]c1c(OC)c(OC([2H])([2H])[2H])c([2H])c2c1C1([2H])CC(OC(=O)[C@@H](N)C(C)C)C(C([2H])([2H])C([2H])(C)C([2H])([2H])[2H])CN1C([2H])([2H])C2([2H])[2H].[2H]c1c(OC)c(OC([2H])([2H])[2H])c([2H])c2c1C1CC([2H])(OC(=O)[C@@H](N)C(C)C)C(C([2H])([2H])C([2H])(C)C([2H])([2H])[2H])CN1C([2H])([2H])C2([2H])[2H].[2H]c1c(OC)c(OC)c([2H])c2c1C1([2H])CC(OC(=O)[C@@H](N)C(C)C)C(C([2H])([2H])C([2H])(C)C([2H])([2H])[2H])CN1C([2H])([2H])C2([2H])[2H].[2H]c1c(OC)c(OC)c([2H])c2c1C1CC([2H])(OC(=O)[C@@H](N)C(C)C)C(C([2H])([2H])C([2H])(C)C([2H])([2H])[2H])CN1C([2H])([2H])C2([2H])[2H]. The second kappa shape index (κ2) is 43.9. The molecule has 4 fully saturated rings. The van der Waals surface area contributed by atoms with Gasteiger partial charge in [-0.25, -0.2) is 0 Å². The van der Waals surface area contributed by atoms with E-state index in [9.17, 15) is 24.7 Å². The first kappa shape index (κ1) is 44.1. The van der Waals surface area contributed by atoms with Crippen molar-refractivity contribution in [2.45, 2.75) is 260 Å². The number of methoxy groups -OCH3 is 8. The Morgan fingerprint density at radius 2 is 0.633 bits per heavy atom. The molecule has 672 valence electrons.